The highest BCUT2D eigenvalue weighted by molar-refractivity contribution is 7.99. The maximum Gasteiger partial charge on any atom is 0.308 e. The highest BCUT2D eigenvalue weighted by Gasteiger charge is 2.30. The van der Waals surface area contributed by atoms with Crippen molar-refractivity contribution in [2.24, 2.45) is 17.8 Å². The van der Waals surface area contributed by atoms with Crippen LogP contribution in [0.4, 0.5) is 0 Å². The molecule has 3 unspecified atom stereocenters. The van der Waals surface area contributed by atoms with Crippen LogP contribution in [0, 0.1) is 17.8 Å². The van der Waals surface area contributed by atoms with Gasteiger partial charge in [0.2, 0.25) is 0 Å². The molecule has 0 radical (unpaired) electrons. The van der Waals surface area contributed by atoms with Crippen molar-refractivity contribution in [1.29, 1.82) is 0 Å². The zero-order valence-corrected chi connectivity index (χ0v) is 10.1. The minimum atomic E-state index is -0.0306. The van der Waals surface area contributed by atoms with Gasteiger partial charge in [-0.2, -0.15) is 11.8 Å². The number of carbonyl (C=O) groups excluding carboxylic acids is 1. The summed E-state index contributed by atoms with van der Waals surface area (Å²) < 4.78 is 5.04. The van der Waals surface area contributed by atoms with Crippen LogP contribution < -0.4 is 0 Å². The summed E-state index contributed by atoms with van der Waals surface area (Å²) in [6, 6.07) is 0. The van der Waals surface area contributed by atoms with Gasteiger partial charge >= 0.3 is 5.97 Å². The van der Waals surface area contributed by atoms with Crippen molar-refractivity contribution < 1.29 is 9.53 Å². The summed E-state index contributed by atoms with van der Waals surface area (Å²) in [6.45, 7) is 6.53. The van der Waals surface area contributed by atoms with Crippen LogP contribution in [0.5, 0.6) is 0 Å². The minimum absolute atomic E-state index is 0.0306. The lowest BCUT2D eigenvalue weighted by atomic mass is 9.84. The van der Waals surface area contributed by atoms with Gasteiger partial charge in [-0.15, -0.1) is 0 Å². The molecule has 1 saturated heterocycles. The fourth-order valence-electron chi connectivity index (χ4n) is 1.86. The van der Waals surface area contributed by atoms with E-state index in [0.29, 0.717) is 18.4 Å². The van der Waals surface area contributed by atoms with E-state index >= 15 is 0 Å². The molecular weight excluding hydrogens is 196 g/mol. The summed E-state index contributed by atoms with van der Waals surface area (Å²) in [7, 11) is 0. The Kier molecular flexibility index (Phi) is 4.79. The second-order valence-corrected chi connectivity index (χ2v) is 5.17. The fourth-order valence-corrected chi connectivity index (χ4v) is 3.27. The molecule has 0 saturated carbocycles. The lowest BCUT2D eigenvalue weighted by Crippen LogP contribution is -2.27. The molecule has 0 bridgehead atoms. The number of rotatable bonds is 4. The molecule has 1 fully saturated rings. The molecule has 0 aromatic carbocycles. The Labute approximate surface area is 90.8 Å². The van der Waals surface area contributed by atoms with E-state index in [9.17, 15) is 4.79 Å². The zero-order valence-electron chi connectivity index (χ0n) is 9.29. The summed E-state index contributed by atoms with van der Waals surface area (Å²) in [5, 5.41) is 0. The van der Waals surface area contributed by atoms with E-state index < -0.39 is 0 Å². The van der Waals surface area contributed by atoms with Crippen LogP contribution in [-0.4, -0.2) is 24.1 Å². The van der Waals surface area contributed by atoms with Gasteiger partial charge in [0.1, 0.15) is 0 Å². The van der Waals surface area contributed by atoms with Crippen molar-refractivity contribution in [3.63, 3.8) is 0 Å². The van der Waals surface area contributed by atoms with Crippen LogP contribution in [0.3, 0.4) is 0 Å². The second kappa shape index (κ2) is 5.64. The number of carbonyl (C=O) groups is 1. The molecule has 1 aliphatic rings. The largest absolute Gasteiger partial charge is 0.466 e. The average molecular weight is 216 g/mol. The maximum absolute atomic E-state index is 11.5. The molecule has 2 nitrogen and oxygen atoms in total. The lowest BCUT2D eigenvalue weighted by Gasteiger charge is -2.23. The first-order chi connectivity index (χ1) is 6.66. The van der Waals surface area contributed by atoms with E-state index in [1.807, 2.05) is 25.6 Å². The zero-order chi connectivity index (χ0) is 10.6. The van der Waals surface area contributed by atoms with Gasteiger partial charge in [0.05, 0.1) is 12.5 Å². The summed E-state index contributed by atoms with van der Waals surface area (Å²) in [6.07, 6.45) is 1.26. The summed E-state index contributed by atoms with van der Waals surface area (Å²) in [5.41, 5.74) is 0. The van der Waals surface area contributed by atoms with Crippen molar-refractivity contribution in [2.75, 3.05) is 18.1 Å². The van der Waals surface area contributed by atoms with Crippen molar-refractivity contribution in [3.05, 3.63) is 0 Å². The predicted octanol–water partition coefficient (Wildman–Crippen LogP) is 2.57. The Balaban J connectivity index is 2.41. The molecule has 1 rings (SSSR count). The first kappa shape index (κ1) is 11.9. The monoisotopic (exact) mass is 216 g/mol. The number of ether oxygens (including phenoxy) is 1. The van der Waals surface area contributed by atoms with Crippen molar-refractivity contribution in [3.8, 4) is 0 Å². The van der Waals surface area contributed by atoms with E-state index in [4.69, 9.17) is 4.74 Å². The summed E-state index contributed by atoms with van der Waals surface area (Å²) in [5.74, 6) is 3.66. The highest BCUT2D eigenvalue weighted by Crippen LogP contribution is 2.33. The van der Waals surface area contributed by atoms with Gasteiger partial charge in [-0.3, -0.25) is 4.79 Å². The van der Waals surface area contributed by atoms with Crippen LogP contribution in [0.15, 0.2) is 0 Å². The van der Waals surface area contributed by atoms with Gasteiger partial charge in [0, 0.05) is 0 Å². The molecule has 14 heavy (non-hydrogen) atoms. The van der Waals surface area contributed by atoms with E-state index in [-0.39, 0.29) is 11.9 Å². The Hall–Kier alpha value is -0.180. The smallest absolute Gasteiger partial charge is 0.308 e. The van der Waals surface area contributed by atoms with Crippen molar-refractivity contribution in [2.45, 2.75) is 27.2 Å². The Morgan fingerprint density at radius 3 is 2.79 bits per heavy atom. The normalized spacial score (nSPS) is 25.8. The molecule has 0 N–H and O–H groups in total. The van der Waals surface area contributed by atoms with E-state index in [0.717, 1.165) is 0 Å². The van der Waals surface area contributed by atoms with Gasteiger partial charge < -0.3 is 4.74 Å². The van der Waals surface area contributed by atoms with Crippen LogP contribution in [0.1, 0.15) is 27.2 Å². The van der Waals surface area contributed by atoms with Crippen LogP contribution >= 0.6 is 11.8 Å². The third-order valence-corrected chi connectivity index (χ3v) is 4.34. The standard InChI is InChI=1S/C11H20O2S/c1-4-13-11(12)9(3)8(2)10-5-6-14-7-10/h8-10H,4-7H2,1-3H3. The number of esters is 1. The molecule has 0 amide bonds. The molecule has 3 atom stereocenters. The van der Waals surface area contributed by atoms with Gasteiger partial charge in [0.15, 0.2) is 0 Å². The fraction of sp³-hybridized carbons (Fsp3) is 0.909. The second-order valence-electron chi connectivity index (χ2n) is 4.02. The Morgan fingerprint density at radius 1 is 1.57 bits per heavy atom. The molecule has 0 aliphatic carbocycles. The topological polar surface area (TPSA) is 26.3 Å². The van der Waals surface area contributed by atoms with Gasteiger partial charge in [-0.25, -0.2) is 0 Å². The van der Waals surface area contributed by atoms with Crippen LogP contribution in [-0.2, 0) is 9.53 Å². The minimum Gasteiger partial charge on any atom is -0.466 e. The third-order valence-electron chi connectivity index (χ3n) is 3.16. The van der Waals surface area contributed by atoms with Gasteiger partial charge in [-0.05, 0) is 36.7 Å². The van der Waals surface area contributed by atoms with Crippen LogP contribution in [0.2, 0.25) is 0 Å². The van der Waals surface area contributed by atoms with Gasteiger partial charge in [0.25, 0.3) is 0 Å². The Bertz CT molecular complexity index is 188. The molecule has 3 heteroatoms. The number of hydrogen-bond donors (Lipinski definition) is 0. The third kappa shape index (κ3) is 2.91. The molecule has 0 spiro atoms. The van der Waals surface area contributed by atoms with Crippen molar-refractivity contribution in [1.82, 2.24) is 0 Å². The van der Waals surface area contributed by atoms with Crippen molar-refractivity contribution >= 4 is 17.7 Å². The molecule has 0 aromatic heterocycles. The molecule has 82 valence electrons. The Morgan fingerprint density at radius 2 is 2.29 bits per heavy atom. The molecular formula is C11H20O2S. The summed E-state index contributed by atoms with van der Waals surface area (Å²) >= 11 is 2.00. The predicted molar refractivity (Wildman–Crippen MR) is 60.4 cm³/mol. The van der Waals surface area contributed by atoms with E-state index in [2.05, 4.69) is 6.92 Å². The molecule has 1 aliphatic heterocycles. The first-order valence-electron chi connectivity index (χ1n) is 5.41. The molecule has 0 aromatic rings. The van der Waals surface area contributed by atoms with E-state index in [1.54, 1.807) is 0 Å². The summed E-state index contributed by atoms with van der Waals surface area (Å²) in [4.78, 5) is 11.5. The average Bonchev–Trinajstić information content (AvgIpc) is 2.68. The van der Waals surface area contributed by atoms with Crippen LogP contribution in [0.25, 0.3) is 0 Å². The maximum atomic E-state index is 11.5. The highest BCUT2D eigenvalue weighted by atomic mass is 32.2. The SMILES string of the molecule is CCOC(=O)C(C)C(C)C1CCSC1. The molecule has 1 heterocycles. The first-order valence-corrected chi connectivity index (χ1v) is 6.56. The van der Waals surface area contributed by atoms with E-state index in [1.165, 1.54) is 17.9 Å². The quantitative estimate of drug-likeness (QED) is 0.676. The number of thioether (sulfide) groups is 1. The number of hydrogen-bond acceptors (Lipinski definition) is 3. The van der Waals surface area contributed by atoms with Gasteiger partial charge in [-0.1, -0.05) is 13.8 Å². The lowest BCUT2D eigenvalue weighted by molar-refractivity contribution is -0.149.